The normalized spacial score (nSPS) is 11.7. The van der Waals surface area contributed by atoms with Crippen molar-refractivity contribution in [1.29, 1.82) is 0 Å². The summed E-state index contributed by atoms with van der Waals surface area (Å²) in [7, 11) is 1.17. The second-order valence-corrected chi connectivity index (χ2v) is 4.06. The number of carbonyl (C=O) groups excluding carboxylic acids is 3. The van der Waals surface area contributed by atoms with Gasteiger partial charge in [-0.2, -0.15) is 0 Å². The minimum atomic E-state index is -1.42. The van der Waals surface area contributed by atoms with Gasteiger partial charge in [-0.05, 0) is 12.1 Å². The molecule has 1 aromatic rings. The minimum Gasteiger partial charge on any atom is -0.466 e. The predicted molar refractivity (Wildman–Crippen MR) is 74.8 cm³/mol. The SMILES string of the molecule is COC(=O)/C=C\C(=O)OCCC(O)C(=O)Oc1ccccc1. The van der Waals surface area contributed by atoms with Gasteiger partial charge in [-0.15, -0.1) is 0 Å². The number of rotatable bonds is 7. The highest BCUT2D eigenvalue weighted by molar-refractivity contribution is 5.91. The zero-order valence-corrected chi connectivity index (χ0v) is 11.9. The van der Waals surface area contributed by atoms with Gasteiger partial charge >= 0.3 is 17.9 Å². The summed E-state index contributed by atoms with van der Waals surface area (Å²) >= 11 is 0. The third-order valence-electron chi connectivity index (χ3n) is 2.43. The number of aliphatic hydroxyl groups excluding tert-OH is 1. The van der Waals surface area contributed by atoms with Crippen LogP contribution >= 0.6 is 0 Å². The van der Waals surface area contributed by atoms with Crippen LogP contribution in [0.25, 0.3) is 0 Å². The van der Waals surface area contributed by atoms with Gasteiger partial charge in [-0.25, -0.2) is 14.4 Å². The molecular weight excluding hydrogens is 292 g/mol. The van der Waals surface area contributed by atoms with E-state index in [9.17, 15) is 19.5 Å². The van der Waals surface area contributed by atoms with Crippen molar-refractivity contribution in [2.24, 2.45) is 0 Å². The van der Waals surface area contributed by atoms with Gasteiger partial charge in [0.15, 0.2) is 6.10 Å². The van der Waals surface area contributed by atoms with Crippen LogP contribution in [0, 0.1) is 0 Å². The van der Waals surface area contributed by atoms with E-state index in [4.69, 9.17) is 9.47 Å². The van der Waals surface area contributed by atoms with E-state index in [0.717, 1.165) is 12.2 Å². The monoisotopic (exact) mass is 308 g/mol. The third-order valence-corrected chi connectivity index (χ3v) is 2.43. The number of benzene rings is 1. The van der Waals surface area contributed by atoms with E-state index in [1.165, 1.54) is 7.11 Å². The molecule has 22 heavy (non-hydrogen) atoms. The lowest BCUT2D eigenvalue weighted by Gasteiger charge is -2.10. The topological polar surface area (TPSA) is 99.1 Å². The Hall–Kier alpha value is -2.67. The summed E-state index contributed by atoms with van der Waals surface area (Å²) in [6.07, 6.45) is 0.254. The first-order valence-corrected chi connectivity index (χ1v) is 6.40. The summed E-state index contributed by atoms with van der Waals surface area (Å²) in [6.45, 7) is -0.199. The van der Waals surface area contributed by atoms with Crippen LogP contribution in [-0.4, -0.2) is 42.8 Å². The number of esters is 3. The van der Waals surface area contributed by atoms with Gasteiger partial charge in [0, 0.05) is 18.6 Å². The summed E-state index contributed by atoms with van der Waals surface area (Å²) < 4.78 is 13.9. The number of para-hydroxylation sites is 1. The van der Waals surface area contributed by atoms with E-state index >= 15 is 0 Å². The molecule has 0 radical (unpaired) electrons. The number of methoxy groups -OCH3 is 1. The van der Waals surface area contributed by atoms with Crippen molar-refractivity contribution in [3.05, 3.63) is 42.5 Å². The summed E-state index contributed by atoms with van der Waals surface area (Å²) in [5.74, 6) is -2.01. The molecule has 0 fully saturated rings. The van der Waals surface area contributed by atoms with E-state index in [2.05, 4.69) is 4.74 Å². The fraction of sp³-hybridized carbons (Fsp3) is 0.267. The number of carbonyl (C=O) groups is 3. The molecule has 0 aromatic heterocycles. The molecule has 7 nitrogen and oxygen atoms in total. The first-order valence-electron chi connectivity index (χ1n) is 6.40. The van der Waals surface area contributed by atoms with Crippen LogP contribution in [0.5, 0.6) is 5.75 Å². The van der Waals surface area contributed by atoms with Crippen LogP contribution in [0.15, 0.2) is 42.5 Å². The maximum atomic E-state index is 11.6. The van der Waals surface area contributed by atoms with Crippen molar-refractivity contribution in [2.75, 3.05) is 13.7 Å². The lowest BCUT2D eigenvalue weighted by molar-refractivity contribution is -0.147. The highest BCUT2D eigenvalue weighted by atomic mass is 16.6. The first kappa shape index (κ1) is 17.4. The molecule has 0 saturated heterocycles. The molecule has 0 heterocycles. The van der Waals surface area contributed by atoms with Crippen LogP contribution < -0.4 is 4.74 Å². The van der Waals surface area contributed by atoms with E-state index in [1.54, 1.807) is 30.3 Å². The van der Waals surface area contributed by atoms with Crippen LogP contribution in [0.3, 0.4) is 0 Å². The summed E-state index contributed by atoms with van der Waals surface area (Å²) in [5.41, 5.74) is 0. The maximum Gasteiger partial charge on any atom is 0.340 e. The first-order chi connectivity index (χ1) is 10.5. The highest BCUT2D eigenvalue weighted by Crippen LogP contribution is 2.10. The number of hydrogen-bond donors (Lipinski definition) is 1. The molecule has 0 aliphatic heterocycles. The Labute approximate surface area is 127 Å². The maximum absolute atomic E-state index is 11.6. The molecule has 118 valence electrons. The molecule has 0 aliphatic rings. The van der Waals surface area contributed by atoms with Gasteiger partial charge < -0.3 is 19.3 Å². The van der Waals surface area contributed by atoms with Crippen molar-refractivity contribution in [1.82, 2.24) is 0 Å². The Morgan fingerprint density at radius 1 is 1.14 bits per heavy atom. The third kappa shape index (κ3) is 6.67. The van der Waals surface area contributed by atoms with Gasteiger partial charge in [0.25, 0.3) is 0 Å². The Balaban J connectivity index is 2.29. The molecule has 1 atom stereocenters. The van der Waals surface area contributed by atoms with Gasteiger partial charge in [-0.1, -0.05) is 18.2 Å². The molecule has 0 amide bonds. The average Bonchev–Trinajstić information content (AvgIpc) is 2.53. The molecule has 1 N–H and O–H groups in total. The number of aliphatic hydroxyl groups is 1. The van der Waals surface area contributed by atoms with Crippen LogP contribution in [-0.2, 0) is 23.9 Å². The van der Waals surface area contributed by atoms with E-state index in [0.29, 0.717) is 5.75 Å². The quantitative estimate of drug-likeness (QED) is 0.447. The average molecular weight is 308 g/mol. The number of ether oxygens (including phenoxy) is 3. The fourth-order valence-electron chi connectivity index (χ4n) is 1.31. The van der Waals surface area contributed by atoms with Crippen LogP contribution in [0.2, 0.25) is 0 Å². The standard InChI is InChI=1S/C15H16O7/c1-20-13(17)7-8-14(18)21-10-9-12(16)15(19)22-11-5-3-2-4-6-11/h2-8,12,16H,9-10H2,1H3/b8-7-. The van der Waals surface area contributed by atoms with Gasteiger partial charge in [0.05, 0.1) is 13.7 Å². The van der Waals surface area contributed by atoms with Gasteiger partial charge in [0.2, 0.25) is 0 Å². The highest BCUT2D eigenvalue weighted by Gasteiger charge is 2.17. The Morgan fingerprint density at radius 2 is 1.77 bits per heavy atom. The molecule has 0 bridgehead atoms. The Morgan fingerprint density at radius 3 is 2.41 bits per heavy atom. The minimum absolute atomic E-state index is 0.122. The fourth-order valence-corrected chi connectivity index (χ4v) is 1.31. The predicted octanol–water partition coefficient (Wildman–Crippen LogP) is 0.615. The Kier molecular flexibility index (Phi) is 7.35. The largest absolute Gasteiger partial charge is 0.466 e. The second kappa shape index (κ2) is 9.30. The summed E-state index contributed by atoms with van der Waals surface area (Å²) in [5, 5.41) is 9.59. The molecule has 0 spiro atoms. The second-order valence-electron chi connectivity index (χ2n) is 4.06. The zero-order valence-electron chi connectivity index (χ0n) is 11.9. The van der Waals surface area contributed by atoms with Crippen molar-refractivity contribution < 1.29 is 33.7 Å². The molecular formula is C15H16O7. The van der Waals surface area contributed by atoms with Crippen LogP contribution in [0.4, 0.5) is 0 Å². The van der Waals surface area contributed by atoms with Gasteiger partial charge in [0.1, 0.15) is 5.75 Å². The molecule has 7 heteroatoms. The molecule has 0 aliphatic carbocycles. The van der Waals surface area contributed by atoms with Crippen molar-refractivity contribution in [2.45, 2.75) is 12.5 Å². The Bertz CT molecular complexity index is 536. The molecule has 0 saturated carbocycles. The molecule has 1 unspecified atom stereocenters. The summed E-state index contributed by atoms with van der Waals surface area (Å²) in [4.78, 5) is 33.5. The lowest BCUT2D eigenvalue weighted by atomic mass is 10.2. The van der Waals surface area contributed by atoms with Crippen molar-refractivity contribution >= 4 is 17.9 Å². The lowest BCUT2D eigenvalue weighted by Crippen LogP contribution is -2.27. The molecule has 1 aromatic carbocycles. The molecule has 1 rings (SSSR count). The zero-order chi connectivity index (χ0) is 16.4. The summed E-state index contributed by atoms with van der Waals surface area (Å²) in [6, 6.07) is 8.27. The smallest absolute Gasteiger partial charge is 0.340 e. The van der Waals surface area contributed by atoms with E-state index in [1.807, 2.05) is 0 Å². The van der Waals surface area contributed by atoms with Crippen molar-refractivity contribution in [3.8, 4) is 5.75 Å². The van der Waals surface area contributed by atoms with E-state index < -0.39 is 24.0 Å². The van der Waals surface area contributed by atoms with E-state index in [-0.39, 0.29) is 13.0 Å². The van der Waals surface area contributed by atoms with Crippen molar-refractivity contribution in [3.63, 3.8) is 0 Å². The van der Waals surface area contributed by atoms with Crippen LogP contribution in [0.1, 0.15) is 6.42 Å². The van der Waals surface area contributed by atoms with Gasteiger partial charge in [-0.3, -0.25) is 0 Å². The number of hydrogen-bond acceptors (Lipinski definition) is 7.